The monoisotopic (exact) mass is 326 g/mol. The number of benzene rings is 1. The van der Waals surface area contributed by atoms with Crippen molar-refractivity contribution < 1.29 is 4.74 Å². The summed E-state index contributed by atoms with van der Waals surface area (Å²) in [6.45, 7) is 2.45. The first kappa shape index (κ1) is 13.5. The molecule has 1 heterocycles. The zero-order valence-electron chi connectivity index (χ0n) is 10.1. The Morgan fingerprint density at radius 1 is 1.28 bits per heavy atom. The minimum Gasteiger partial charge on any atom is -0.378 e. The van der Waals surface area contributed by atoms with E-state index in [-0.39, 0.29) is 0 Å². The second kappa shape index (κ2) is 5.78. The molecule has 2 rings (SSSR count). The Morgan fingerprint density at radius 2 is 2.06 bits per heavy atom. The average molecular weight is 328 g/mol. The number of aryl methyl sites for hydroxylation is 1. The van der Waals surface area contributed by atoms with Crippen molar-refractivity contribution in [3.05, 3.63) is 45.1 Å². The summed E-state index contributed by atoms with van der Waals surface area (Å²) in [6, 6.07) is 7.72. The summed E-state index contributed by atoms with van der Waals surface area (Å²) < 4.78 is 6.01. The summed E-state index contributed by atoms with van der Waals surface area (Å²) in [6.07, 6.45) is 0. The van der Waals surface area contributed by atoms with Gasteiger partial charge in [0.2, 0.25) is 0 Å². The van der Waals surface area contributed by atoms with Crippen molar-refractivity contribution >= 4 is 27.5 Å². The second-order valence-corrected chi connectivity index (χ2v) is 5.16. The Morgan fingerprint density at radius 3 is 2.72 bits per heavy atom. The number of ether oxygens (including phenoxy) is 1. The van der Waals surface area contributed by atoms with Crippen molar-refractivity contribution in [1.82, 2.24) is 9.97 Å². The highest BCUT2D eigenvalue weighted by molar-refractivity contribution is 9.10. The lowest BCUT2D eigenvalue weighted by atomic mass is 10.1. The molecule has 0 fully saturated rings. The Bertz CT molecular complexity index is 575. The standard InChI is InChI=1S/C13H12BrClN2O/c1-8-3-4-10(11(14)5-8)13-16-9(7-18-2)6-12(15)17-13/h3-6H,7H2,1-2H3. The van der Waals surface area contributed by atoms with E-state index in [4.69, 9.17) is 16.3 Å². The van der Waals surface area contributed by atoms with Crippen LogP contribution in [0.4, 0.5) is 0 Å². The number of methoxy groups -OCH3 is 1. The SMILES string of the molecule is COCc1cc(Cl)nc(-c2ccc(C)cc2Br)n1. The molecule has 18 heavy (non-hydrogen) atoms. The highest BCUT2D eigenvalue weighted by Gasteiger charge is 2.09. The van der Waals surface area contributed by atoms with E-state index in [1.807, 2.05) is 25.1 Å². The lowest BCUT2D eigenvalue weighted by Crippen LogP contribution is -1.98. The third-order valence-electron chi connectivity index (χ3n) is 2.41. The smallest absolute Gasteiger partial charge is 0.162 e. The molecule has 0 radical (unpaired) electrons. The molecular formula is C13H12BrClN2O. The van der Waals surface area contributed by atoms with Gasteiger partial charge in [0.15, 0.2) is 5.82 Å². The number of halogens is 2. The van der Waals surface area contributed by atoms with Gasteiger partial charge in [-0.3, -0.25) is 0 Å². The van der Waals surface area contributed by atoms with E-state index < -0.39 is 0 Å². The number of hydrogen-bond acceptors (Lipinski definition) is 3. The van der Waals surface area contributed by atoms with Crippen molar-refractivity contribution in [2.24, 2.45) is 0 Å². The molecule has 0 atom stereocenters. The fraction of sp³-hybridized carbons (Fsp3) is 0.231. The van der Waals surface area contributed by atoms with Crippen molar-refractivity contribution in [3.8, 4) is 11.4 Å². The van der Waals surface area contributed by atoms with E-state index in [1.54, 1.807) is 13.2 Å². The van der Waals surface area contributed by atoms with Gasteiger partial charge in [0.25, 0.3) is 0 Å². The molecule has 0 aliphatic rings. The third-order valence-corrected chi connectivity index (χ3v) is 3.26. The molecule has 0 amide bonds. The summed E-state index contributed by atoms with van der Waals surface area (Å²) in [4.78, 5) is 8.68. The van der Waals surface area contributed by atoms with Crippen molar-refractivity contribution in [3.63, 3.8) is 0 Å². The maximum Gasteiger partial charge on any atom is 0.162 e. The van der Waals surface area contributed by atoms with Crippen LogP contribution in [0, 0.1) is 6.92 Å². The van der Waals surface area contributed by atoms with Crippen LogP contribution >= 0.6 is 27.5 Å². The minimum absolute atomic E-state index is 0.415. The van der Waals surface area contributed by atoms with Gasteiger partial charge >= 0.3 is 0 Å². The topological polar surface area (TPSA) is 35.0 Å². The predicted octanol–water partition coefficient (Wildman–Crippen LogP) is 4.01. The normalized spacial score (nSPS) is 10.7. The molecule has 1 aromatic carbocycles. The van der Waals surface area contributed by atoms with E-state index in [0.717, 1.165) is 15.7 Å². The molecule has 2 aromatic rings. The second-order valence-electron chi connectivity index (χ2n) is 3.92. The molecular weight excluding hydrogens is 316 g/mol. The molecule has 0 saturated heterocycles. The quantitative estimate of drug-likeness (QED) is 0.799. The van der Waals surface area contributed by atoms with Gasteiger partial charge in [-0.15, -0.1) is 0 Å². The van der Waals surface area contributed by atoms with E-state index in [9.17, 15) is 0 Å². The predicted molar refractivity (Wildman–Crippen MR) is 75.6 cm³/mol. The highest BCUT2D eigenvalue weighted by Crippen LogP contribution is 2.27. The molecule has 1 aromatic heterocycles. The van der Waals surface area contributed by atoms with Gasteiger partial charge in [-0.2, -0.15) is 0 Å². The van der Waals surface area contributed by atoms with E-state index >= 15 is 0 Å². The molecule has 0 aliphatic heterocycles. The third kappa shape index (κ3) is 3.07. The number of nitrogens with zero attached hydrogens (tertiary/aromatic N) is 2. The summed E-state index contributed by atoms with van der Waals surface area (Å²) >= 11 is 9.51. The molecule has 3 nitrogen and oxygen atoms in total. The van der Waals surface area contributed by atoms with Gasteiger partial charge < -0.3 is 4.74 Å². The first-order valence-electron chi connectivity index (χ1n) is 5.39. The summed E-state index contributed by atoms with van der Waals surface area (Å²) in [5.74, 6) is 0.599. The van der Waals surface area contributed by atoms with E-state index in [1.165, 1.54) is 5.56 Å². The fourth-order valence-electron chi connectivity index (χ4n) is 1.61. The molecule has 0 saturated carbocycles. The van der Waals surface area contributed by atoms with E-state index in [0.29, 0.717) is 17.6 Å². The van der Waals surface area contributed by atoms with Crippen LogP contribution < -0.4 is 0 Å². The van der Waals surface area contributed by atoms with Gasteiger partial charge in [0.1, 0.15) is 5.15 Å². The lowest BCUT2D eigenvalue weighted by molar-refractivity contribution is 0.181. The molecule has 0 spiro atoms. The fourth-order valence-corrected chi connectivity index (χ4v) is 2.48. The summed E-state index contributed by atoms with van der Waals surface area (Å²) in [5, 5.41) is 0.416. The van der Waals surface area contributed by atoms with Crippen LogP contribution in [-0.2, 0) is 11.3 Å². The van der Waals surface area contributed by atoms with Crippen LogP contribution in [0.2, 0.25) is 5.15 Å². The maximum absolute atomic E-state index is 6.00. The maximum atomic E-state index is 6.00. The molecule has 0 N–H and O–H groups in total. The molecule has 0 aliphatic carbocycles. The largest absolute Gasteiger partial charge is 0.378 e. The zero-order chi connectivity index (χ0) is 13.1. The van der Waals surface area contributed by atoms with Crippen molar-refractivity contribution in [1.29, 1.82) is 0 Å². The average Bonchev–Trinajstić information content (AvgIpc) is 2.28. The Labute approximate surface area is 119 Å². The first-order valence-corrected chi connectivity index (χ1v) is 6.56. The number of hydrogen-bond donors (Lipinski definition) is 0. The van der Waals surface area contributed by atoms with Gasteiger partial charge in [-0.25, -0.2) is 9.97 Å². The zero-order valence-corrected chi connectivity index (χ0v) is 12.4. The molecule has 5 heteroatoms. The first-order chi connectivity index (χ1) is 8.60. The van der Waals surface area contributed by atoms with Gasteiger partial charge in [-0.1, -0.05) is 33.6 Å². The minimum atomic E-state index is 0.415. The summed E-state index contributed by atoms with van der Waals surface area (Å²) in [7, 11) is 1.62. The van der Waals surface area contributed by atoms with E-state index in [2.05, 4.69) is 25.9 Å². The Kier molecular flexibility index (Phi) is 4.32. The van der Waals surface area contributed by atoms with Crippen LogP contribution in [0.15, 0.2) is 28.7 Å². The van der Waals surface area contributed by atoms with Gasteiger partial charge in [0.05, 0.1) is 12.3 Å². The summed E-state index contributed by atoms with van der Waals surface area (Å²) in [5.41, 5.74) is 2.85. The van der Waals surface area contributed by atoms with Crippen LogP contribution in [0.5, 0.6) is 0 Å². The number of rotatable bonds is 3. The highest BCUT2D eigenvalue weighted by atomic mass is 79.9. The van der Waals surface area contributed by atoms with Gasteiger partial charge in [-0.05, 0) is 30.7 Å². The Hall–Kier alpha value is -0.970. The van der Waals surface area contributed by atoms with Crippen molar-refractivity contribution in [2.75, 3.05) is 7.11 Å². The molecule has 0 unspecified atom stereocenters. The van der Waals surface area contributed by atoms with Crippen LogP contribution in [-0.4, -0.2) is 17.1 Å². The number of aromatic nitrogens is 2. The van der Waals surface area contributed by atoms with Crippen LogP contribution in [0.3, 0.4) is 0 Å². The molecule has 0 bridgehead atoms. The Balaban J connectivity index is 2.49. The lowest BCUT2D eigenvalue weighted by Gasteiger charge is -2.07. The van der Waals surface area contributed by atoms with Crippen LogP contribution in [0.25, 0.3) is 11.4 Å². The van der Waals surface area contributed by atoms with Gasteiger partial charge in [0, 0.05) is 17.1 Å². The molecule has 94 valence electrons. The van der Waals surface area contributed by atoms with Crippen molar-refractivity contribution in [2.45, 2.75) is 13.5 Å². The van der Waals surface area contributed by atoms with Crippen LogP contribution in [0.1, 0.15) is 11.3 Å².